The quantitative estimate of drug-likeness (QED) is 0.622. The summed E-state index contributed by atoms with van der Waals surface area (Å²) >= 11 is 4.82. The second-order valence-electron chi connectivity index (χ2n) is 4.30. The highest BCUT2D eigenvalue weighted by atomic mass is 79.9. The number of benzene rings is 2. The Labute approximate surface area is 136 Å². The van der Waals surface area contributed by atoms with Gasteiger partial charge in [0, 0.05) is 9.37 Å². The number of halogens is 1. The van der Waals surface area contributed by atoms with Crippen molar-refractivity contribution in [3.63, 3.8) is 0 Å². The first-order chi connectivity index (χ1) is 10.1. The number of hydrogen-bond acceptors (Lipinski definition) is 4. The van der Waals surface area contributed by atoms with Gasteiger partial charge in [-0.05, 0) is 48.9 Å². The number of carbonyl (C=O) groups excluding carboxylic acids is 1. The van der Waals surface area contributed by atoms with Crippen molar-refractivity contribution in [3.05, 3.63) is 58.6 Å². The van der Waals surface area contributed by atoms with Crippen molar-refractivity contribution >= 4 is 33.7 Å². The summed E-state index contributed by atoms with van der Waals surface area (Å²) in [6.07, 6.45) is 0. The molecule has 0 aliphatic carbocycles. The summed E-state index contributed by atoms with van der Waals surface area (Å²) in [5, 5.41) is 8.89. The van der Waals surface area contributed by atoms with E-state index >= 15 is 0 Å². The van der Waals surface area contributed by atoms with Gasteiger partial charge < -0.3 is 9.84 Å². The van der Waals surface area contributed by atoms with Gasteiger partial charge in [-0.3, -0.25) is 4.79 Å². The summed E-state index contributed by atoms with van der Waals surface area (Å²) in [5.74, 6) is -0.0665. The van der Waals surface area contributed by atoms with Gasteiger partial charge >= 0.3 is 5.97 Å². The van der Waals surface area contributed by atoms with E-state index in [4.69, 9.17) is 4.74 Å². The average molecular weight is 367 g/mol. The first-order valence-electron chi connectivity index (χ1n) is 6.48. The molecule has 0 radical (unpaired) electrons. The average Bonchev–Trinajstić information content (AvgIpc) is 2.47. The molecule has 0 spiro atoms. The smallest absolute Gasteiger partial charge is 0.323 e. The Morgan fingerprint density at radius 3 is 2.62 bits per heavy atom. The Hall–Kier alpha value is -1.46. The molecule has 0 aromatic heterocycles. The molecular weight excluding hydrogens is 352 g/mol. The molecule has 2 aromatic rings. The van der Waals surface area contributed by atoms with Crippen molar-refractivity contribution in [1.29, 1.82) is 0 Å². The van der Waals surface area contributed by atoms with E-state index in [0.29, 0.717) is 6.61 Å². The lowest BCUT2D eigenvalue weighted by atomic mass is 10.1. The van der Waals surface area contributed by atoms with Crippen LogP contribution in [0.3, 0.4) is 0 Å². The summed E-state index contributed by atoms with van der Waals surface area (Å²) in [4.78, 5) is 13.1. The van der Waals surface area contributed by atoms with E-state index in [2.05, 4.69) is 15.9 Å². The SMILES string of the molecule is CCOC(=O)C(Sc1ccc(O)cc1)c1cccc(Br)c1. The fraction of sp³-hybridized carbons (Fsp3) is 0.188. The van der Waals surface area contributed by atoms with Crippen LogP contribution in [0.4, 0.5) is 0 Å². The maximum absolute atomic E-state index is 12.2. The molecule has 1 atom stereocenters. The maximum atomic E-state index is 12.2. The molecule has 0 saturated heterocycles. The summed E-state index contributed by atoms with van der Waals surface area (Å²) in [6, 6.07) is 14.4. The van der Waals surface area contributed by atoms with Gasteiger partial charge in [0.05, 0.1) is 6.61 Å². The second-order valence-corrected chi connectivity index (χ2v) is 6.39. The van der Waals surface area contributed by atoms with Gasteiger partial charge in [-0.25, -0.2) is 0 Å². The van der Waals surface area contributed by atoms with E-state index in [1.54, 1.807) is 31.2 Å². The van der Waals surface area contributed by atoms with Crippen LogP contribution in [0.25, 0.3) is 0 Å². The number of thioether (sulfide) groups is 1. The lowest BCUT2D eigenvalue weighted by Gasteiger charge is -2.16. The van der Waals surface area contributed by atoms with Crippen molar-refractivity contribution in [2.45, 2.75) is 17.1 Å². The van der Waals surface area contributed by atoms with Gasteiger partial charge in [0.1, 0.15) is 11.0 Å². The Balaban J connectivity index is 2.27. The zero-order valence-corrected chi connectivity index (χ0v) is 13.9. The Bertz CT molecular complexity index is 613. The number of phenolic OH excluding ortho intramolecular Hbond substituents is 1. The highest BCUT2D eigenvalue weighted by Gasteiger charge is 2.23. The molecule has 21 heavy (non-hydrogen) atoms. The molecule has 0 bridgehead atoms. The Morgan fingerprint density at radius 2 is 2.00 bits per heavy atom. The van der Waals surface area contributed by atoms with Gasteiger partial charge in [0.25, 0.3) is 0 Å². The summed E-state index contributed by atoms with van der Waals surface area (Å²) < 4.78 is 6.09. The highest BCUT2D eigenvalue weighted by Crippen LogP contribution is 2.37. The second kappa shape index (κ2) is 7.52. The fourth-order valence-electron chi connectivity index (χ4n) is 1.80. The molecule has 0 aliphatic heterocycles. The number of phenols is 1. The number of ether oxygens (including phenoxy) is 1. The normalized spacial score (nSPS) is 11.9. The van der Waals surface area contributed by atoms with Crippen molar-refractivity contribution in [2.24, 2.45) is 0 Å². The highest BCUT2D eigenvalue weighted by molar-refractivity contribution is 9.10. The third-order valence-electron chi connectivity index (χ3n) is 2.74. The molecule has 2 rings (SSSR count). The molecule has 3 nitrogen and oxygen atoms in total. The molecule has 1 N–H and O–H groups in total. The van der Waals surface area contributed by atoms with Gasteiger partial charge in [0.2, 0.25) is 0 Å². The van der Waals surface area contributed by atoms with E-state index in [0.717, 1.165) is 14.9 Å². The lowest BCUT2D eigenvalue weighted by molar-refractivity contribution is -0.142. The summed E-state index contributed by atoms with van der Waals surface area (Å²) in [7, 11) is 0. The van der Waals surface area contributed by atoms with Crippen LogP contribution < -0.4 is 0 Å². The minimum atomic E-state index is -0.438. The predicted molar refractivity (Wildman–Crippen MR) is 87.5 cm³/mol. The molecule has 110 valence electrons. The maximum Gasteiger partial charge on any atom is 0.323 e. The van der Waals surface area contributed by atoms with Gasteiger partial charge in [0.15, 0.2) is 0 Å². The van der Waals surface area contributed by atoms with E-state index in [9.17, 15) is 9.90 Å². The summed E-state index contributed by atoms with van der Waals surface area (Å²) in [5.41, 5.74) is 0.876. The number of carbonyl (C=O) groups is 1. The third kappa shape index (κ3) is 4.51. The van der Waals surface area contributed by atoms with Crippen LogP contribution in [-0.2, 0) is 9.53 Å². The number of hydrogen-bond donors (Lipinski definition) is 1. The molecule has 1 unspecified atom stereocenters. The topological polar surface area (TPSA) is 46.5 Å². The van der Waals surface area contributed by atoms with Gasteiger partial charge in [-0.15, -0.1) is 11.8 Å². The van der Waals surface area contributed by atoms with Crippen LogP contribution >= 0.6 is 27.7 Å². The van der Waals surface area contributed by atoms with Crippen molar-refractivity contribution < 1.29 is 14.6 Å². The standard InChI is InChI=1S/C16H15BrO3S/c1-2-20-16(19)15(11-4-3-5-12(17)10-11)21-14-8-6-13(18)7-9-14/h3-10,15,18H,2H2,1H3. The molecule has 2 aromatic carbocycles. The molecule has 0 heterocycles. The van der Waals surface area contributed by atoms with Gasteiger partial charge in [-0.2, -0.15) is 0 Å². The zero-order chi connectivity index (χ0) is 15.2. The molecule has 0 saturated carbocycles. The first kappa shape index (κ1) is 15.9. The largest absolute Gasteiger partial charge is 0.508 e. The molecule has 0 aliphatic rings. The fourth-order valence-corrected chi connectivity index (χ4v) is 3.23. The van der Waals surface area contributed by atoms with Crippen LogP contribution in [-0.4, -0.2) is 17.7 Å². The number of esters is 1. The minimum absolute atomic E-state index is 0.203. The van der Waals surface area contributed by atoms with Crippen molar-refractivity contribution in [3.8, 4) is 5.75 Å². The van der Waals surface area contributed by atoms with Crippen molar-refractivity contribution in [1.82, 2.24) is 0 Å². The molecule has 0 fully saturated rings. The number of rotatable bonds is 5. The molecule has 0 amide bonds. The lowest BCUT2D eigenvalue weighted by Crippen LogP contribution is -2.13. The van der Waals surface area contributed by atoms with Crippen LogP contribution in [0.15, 0.2) is 57.9 Å². The van der Waals surface area contributed by atoms with Crippen LogP contribution in [0.5, 0.6) is 5.75 Å². The zero-order valence-electron chi connectivity index (χ0n) is 11.5. The third-order valence-corrected chi connectivity index (χ3v) is 4.48. The first-order valence-corrected chi connectivity index (χ1v) is 8.15. The van der Waals surface area contributed by atoms with Crippen LogP contribution in [0.2, 0.25) is 0 Å². The van der Waals surface area contributed by atoms with Crippen molar-refractivity contribution in [2.75, 3.05) is 6.61 Å². The van der Waals surface area contributed by atoms with E-state index in [1.165, 1.54) is 11.8 Å². The number of aromatic hydroxyl groups is 1. The van der Waals surface area contributed by atoms with E-state index in [-0.39, 0.29) is 11.7 Å². The predicted octanol–water partition coefficient (Wildman–Crippen LogP) is 4.55. The van der Waals surface area contributed by atoms with Crippen LogP contribution in [0.1, 0.15) is 17.7 Å². The molecule has 5 heteroatoms. The van der Waals surface area contributed by atoms with Crippen LogP contribution in [0, 0.1) is 0 Å². The Kier molecular flexibility index (Phi) is 5.70. The van der Waals surface area contributed by atoms with E-state index in [1.807, 2.05) is 24.3 Å². The van der Waals surface area contributed by atoms with E-state index < -0.39 is 5.25 Å². The summed E-state index contributed by atoms with van der Waals surface area (Å²) in [6.45, 7) is 2.14. The molecular formula is C16H15BrO3S. The monoisotopic (exact) mass is 366 g/mol. The Morgan fingerprint density at radius 1 is 1.29 bits per heavy atom. The minimum Gasteiger partial charge on any atom is -0.508 e. The van der Waals surface area contributed by atoms with Gasteiger partial charge in [-0.1, -0.05) is 28.1 Å².